The molecule has 0 aliphatic carbocycles. The van der Waals surface area contributed by atoms with Crippen LogP contribution in [0.4, 0.5) is 4.39 Å². The molecular weight excluding hydrogens is 271 g/mol. The molecule has 0 radical (unpaired) electrons. The summed E-state index contributed by atoms with van der Waals surface area (Å²) in [6.07, 6.45) is 0.375. The quantitative estimate of drug-likeness (QED) is 0.890. The van der Waals surface area contributed by atoms with E-state index in [2.05, 4.69) is 5.32 Å². The van der Waals surface area contributed by atoms with Crippen molar-refractivity contribution in [1.29, 1.82) is 0 Å². The zero-order valence-corrected chi connectivity index (χ0v) is 11.3. The molecule has 1 N–H and O–H groups in total. The lowest BCUT2D eigenvalue weighted by molar-refractivity contribution is -0.126. The monoisotopic (exact) mass is 286 g/mol. The zero-order chi connectivity index (χ0) is 14.0. The van der Waals surface area contributed by atoms with Gasteiger partial charge in [0.15, 0.2) is 0 Å². The molecule has 0 spiro atoms. The van der Waals surface area contributed by atoms with Crippen molar-refractivity contribution in [2.24, 2.45) is 0 Å². The Labute approximate surface area is 111 Å². The van der Waals surface area contributed by atoms with E-state index in [9.17, 15) is 17.6 Å². The Morgan fingerprint density at radius 2 is 2.21 bits per heavy atom. The molecule has 1 aromatic rings. The van der Waals surface area contributed by atoms with E-state index in [1.54, 1.807) is 6.92 Å². The Hall–Kier alpha value is -1.47. The number of rotatable bonds is 3. The number of benzene rings is 1. The maximum absolute atomic E-state index is 13.2. The van der Waals surface area contributed by atoms with Crippen molar-refractivity contribution < 1.29 is 17.6 Å². The minimum Gasteiger partial charge on any atom is -0.353 e. The van der Waals surface area contributed by atoms with Gasteiger partial charge in [0.2, 0.25) is 15.9 Å². The van der Waals surface area contributed by atoms with Gasteiger partial charge in [0, 0.05) is 13.1 Å². The van der Waals surface area contributed by atoms with Gasteiger partial charge in [-0.2, -0.15) is 4.31 Å². The lowest BCUT2D eigenvalue weighted by Gasteiger charge is -2.33. The van der Waals surface area contributed by atoms with Gasteiger partial charge in [0.05, 0.1) is 4.90 Å². The molecule has 0 saturated carbocycles. The van der Waals surface area contributed by atoms with Crippen molar-refractivity contribution in [1.82, 2.24) is 9.62 Å². The Balaban J connectivity index is 2.40. The summed E-state index contributed by atoms with van der Waals surface area (Å²) in [6.45, 7) is 2.20. The van der Waals surface area contributed by atoms with Crippen molar-refractivity contribution in [3.63, 3.8) is 0 Å². The van der Waals surface area contributed by atoms with E-state index in [0.717, 1.165) is 10.4 Å². The molecule has 1 fully saturated rings. The average Bonchev–Trinajstić information content (AvgIpc) is 2.38. The summed E-state index contributed by atoms with van der Waals surface area (Å²) in [5.41, 5.74) is 0. The lowest BCUT2D eigenvalue weighted by Crippen LogP contribution is -2.56. The van der Waals surface area contributed by atoms with Gasteiger partial charge < -0.3 is 5.32 Å². The second-order valence-corrected chi connectivity index (χ2v) is 6.18. The molecule has 1 aliphatic rings. The zero-order valence-electron chi connectivity index (χ0n) is 10.5. The first-order valence-electron chi connectivity index (χ1n) is 6.02. The van der Waals surface area contributed by atoms with Crippen LogP contribution in [-0.4, -0.2) is 37.8 Å². The number of sulfonamides is 1. The predicted molar refractivity (Wildman–Crippen MR) is 67.4 cm³/mol. The third kappa shape index (κ3) is 2.62. The van der Waals surface area contributed by atoms with Crippen LogP contribution in [0.1, 0.15) is 13.3 Å². The summed E-state index contributed by atoms with van der Waals surface area (Å²) in [7, 11) is -3.85. The molecular formula is C12H15FN2O3S. The number of hydrogen-bond acceptors (Lipinski definition) is 3. The van der Waals surface area contributed by atoms with Gasteiger partial charge in [-0.3, -0.25) is 4.79 Å². The molecule has 1 saturated heterocycles. The van der Waals surface area contributed by atoms with Gasteiger partial charge in [-0.15, -0.1) is 0 Å². The molecule has 0 bridgehead atoms. The summed E-state index contributed by atoms with van der Waals surface area (Å²) in [5, 5.41) is 2.63. The van der Waals surface area contributed by atoms with Crippen LogP contribution in [0.3, 0.4) is 0 Å². The van der Waals surface area contributed by atoms with Crippen LogP contribution in [0.2, 0.25) is 0 Å². The van der Waals surface area contributed by atoms with Gasteiger partial charge in [0.1, 0.15) is 11.9 Å². The van der Waals surface area contributed by atoms with E-state index in [4.69, 9.17) is 0 Å². The highest BCUT2D eigenvalue weighted by atomic mass is 32.2. The molecule has 104 valence electrons. The van der Waals surface area contributed by atoms with E-state index < -0.39 is 21.9 Å². The maximum Gasteiger partial charge on any atom is 0.243 e. The summed E-state index contributed by atoms with van der Waals surface area (Å²) in [5.74, 6) is -0.927. The second kappa shape index (κ2) is 5.26. The van der Waals surface area contributed by atoms with Crippen LogP contribution in [-0.2, 0) is 14.8 Å². The largest absolute Gasteiger partial charge is 0.353 e. The first kappa shape index (κ1) is 14.0. The smallest absolute Gasteiger partial charge is 0.243 e. The molecule has 1 aromatic carbocycles. The molecule has 5 nitrogen and oxygen atoms in total. The number of carbonyl (C=O) groups is 1. The normalized spacial score (nSPS) is 21.2. The third-order valence-corrected chi connectivity index (χ3v) is 4.98. The van der Waals surface area contributed by atoms with Crippen LogP contribution < -0.4 is 5.32 Å². The van der Waals surface area contributed by atoms with Crippen LogP contribution in [0, 0.1) is 5.82 Å². The van der Waals surface area contributed by atoms with Crippen LogP contribution in [0.5, 0.6) is 0 Å². The Morgan fingerprint density at radius 3 is 2.84 bits per heavy atom. The lowest BCUT2D eigenvalue weighted by atomic mass is 10.2. The van der Waals surface area contributed by atoms with Crippen molar-refractivity contribution >= 4 is 15.9 Å². The molecule has 1 heterocycles. The van der Waals surface area contributed by atoms with Crippen molar-refractivity contribution in [2.45, 2.75) is 24.3 Å². The topological polar surface area (TPSA) is 66.5 Å². The third-order valence-electron chi connectivity index (χ3n) is 3.07. The van der Waals surface area contributed by atoms with Crippen molar-refractivity contribution in [3.05, 3.63) is 30.1 Å². The van der Waals surface area contributed by atoms with E-state index in [1.165, 1.54) is 18.2 Å². The van der Waals surface area contributed by atoms with Gasteiger partial charge in [-0.25, -0.2) is 12.8 Å². The van der Waals surface area contributed by atoms with Gasteiger partial charge in [-0.05, 0) is 24.6 Å². The van der Waals surface area contributed by atoms with Crippen LogP contribution in [0.15, 0.2) is 29.2 Å². The van der Waals surface area contributed by atoms with Gasteiger partial charge in [-0.1, -0.05) is 13.0 Å². The van der Waals surface area contributed by atoms with E-state index >= 15 is 0 Å². The highest BCUT2D eigenvalue weighted by Gasteiger charge is 2.37. The fourth-order valence-corrected chi connectivity index (χ4v) is 3.83. The van der Waals surface area contributed by atoms with Crippen LogP contribution >= 0.6 is 0 Å². The Kier molecular flexibility index (Phi) is 3.86. The molecule has 1 aliphatic heterocycles. The molecule has 2 rings (SSSR count). The molecule has 1 unspecified atom stereocenters. The SMILES string of the molecule is CCC1C(=O)NCCN1S(=O)(=O)c1cccc(F)c1. The van der Waals surface area contributed by atoms with Gasteiger partial charge >= 0.3 is 0 Å². The number of nitrogens with zero attached hydrogens (tertiary/aromatic N) is 1. The average molecular weight is 286 g/mol. The van der Waals surface area contributed by atoms with E-state index in [0.29, 0.717) is 6.42 Å². The minimum atomic E-state index is -3.85. The van der Waals surface area contributed by atoms with Gasteiger partial charge in [0.25, 0.3) is 0 Å². The van der Waals surface area contributed by atoms with E-state index in [1.807, 2.05) is 0 Å². The number of amides is 1. The minimum absolute atomic E-state index is 0.124. The number of nitrogens with one attached hydrogen (secondary N) is 1. The standard InChI is InChI=1S/C12H15FN2O3S/c1-2-11-12(16)14-6-7-15(11)19(17,18)10-5-3-4-9(13)8-10/h3-5,8,11H,2,6-7H2,1H3,(H,14,16). The van der Waals surface area contributed by atoms with Crippen molar-refractivity contribution in [2.75, 3.05) is 13.1 Å². The molecule has 7 heteroatoms. The number of piperazine rings is 1. The first-order valence-corrected chi connectivity index (χ1v) is 7.46. The fraction of sp³-hybridized carbons (Fsp3) is 0.417. The molecule has 19 heavy (non-hydrogen) atoms. The second-order valence-electron chi connectivity index (χ2n) is 4.29. The highest BCUT2D eigenvalue weighted by Crippen LogP contribution is 2.21. The molecule has 0 aromatic heterocycles. The molecule has 1 amide bonds. The predicted octanol–water partition coefficient (Wildman–Crippen LogP) is 0.725. The summed E-state index contributed by atoms with van der Waals surface area (Å²) < 4.78 is 39.2. The summed E-state index contributed by atoms with van der Waals surface area (Å²) in [4.78, 5) is 11.6. The van der Waals surface area contributed by atoms with Crippen LogP contribution in [0.25, 0.3) is 0 Å². The maximum atomic E-state index is 13.2. The Bertz CT molecular complexity index is 588. The first-order chi connectivity index (χ1) is 8.96. The summed E-state index contributed by atoms with van der Waals surface area (Å²) >= 11 is 0. The highest BCUT2D eigenvalue weighted by molar-refractivity contribution is 7.89. The number of carbonyl (C=O) groups excluding carboxylic acids is 1. The van der Waals surface area contributed by atoms with E-state index in [-0.39, 0.29) is 23.9 Å². The number of halogens is 1. The van der Waals surface area contributed by atoms with Crippen molar-refractivity contribution in [3.8, 4) is 0 Å². The summed E-state index contributed by atoms with van der Waals surface area (Å²) in [6, 6.07) is 4.08. The Morgan fingerprint density at radius 1 is 1.47 bits per heavy atom. The molecule has 1 atom stereocenters. The fourth-order valence-electron chi connectivity index (χ4n) is 2.13. The number of hydrogen-bond donors (Lipinski definition) is 1.